The minimum atomic E-state index is -0.752. The lowest BCUT2D eigenvalue weighted by Crippen LogP contribution is -2.45. The molecule has 3 atom stereocenters. The number of hydrogen-bond donors (Lipinski definition) is 1. The van der Waals surface area contributed by atoms with E-state index in [0.717, 1.165) is 37.7 Å². The van der Waals surface area contributed by atoms with Crippen LogP contribution in [-0.4, -0.2) is 10.7 Å². The molecule has 1 saturated carbocycles. The van der Waals surface area contributed by atoms with E-state index in [1.54, 1.807) is 0 Å². The molecule has 0 aromatic heterocycles. The Labute approximate surface area is 121 Å². The Hall–Kier alpha value is -1.59. The second-order valence-electron chi connectivity index (χ2n) is 5.75. The van der Waals surface area contributed by atoms with E-state index in [1.807, 2.05) is 24.3 Å². The van der Waals surface area contributed by atoms with Gasteiger partial charge in [0.15, 0.2) is 0 Å². The van der Waals surface area contributed by atoms with E-state index in [9.17, 15) is 5.11 Å². The first-order valence-corrected chi connectivity index (χ1v) is 7.49. The van der Waals surface area contributed by atoms with Crippen molar-refractivity contribution < 1.29 is 5.11 Å². The molecule has 1 aliphatic carbocycles. The van der Waals surface area contributed by atoms with E-state index >= 15 is 0 Å². The molecule has 1 aromatic carbocycles. The average Bonchev–Trinajstić information content (AvgIpc) is 2.48. The predicted octanol–water partition coefficient (Wildman–Crippen LogP) is 4.18. The molecule has 0 aliphatic heterocycles. The Kier molecular flexibility index (Phi) is 4.98. The fourth-order valence-corrected chi connectivity index (χ4v) is 3.58. The minimum Gasteiger partial charge on any atom is -0.389 e. The zero-order valence-electron chi connectivity index (χ0n) is 12.0. The van der Waals surface area contributed by atoms with Crippen LogP contribution in [-0.2, 0) is 0 Å². The van der Waals surface area contributed by atoms with Gasteiger partial charge in [-0.05, 0) is 30.7 Å². The molecule has 0 bridgehead atoms. The number of rotatable bonds is 5. The van der Waals surface area contributed by atoms with Crippen molar-refractivity contribution in [3.05, 3.63) is 48.6 Å². The van der Waals surface area contributed by atoms with Gasteiger partial charge in [0.1, 0.15) is 0 Å². The molecule has 0 unspecified atom stereocenters. The SMILES string of the molecule is C=C[C@@H](c1ccccc1)[C@]1(O)CCCC[C@H]1CCC#N. The Morgan fingerprint density at radius 1 is 1.40 bits per heavy atom. The summed E-state index contributed by atoms with van der Waals surface area (Å²) < 4.78 is 0. The van der Waals surface area contributed by atoms with Crippen molar-refractivity contribution in [2.75, 3.05) is 0 Å². The monoisotopic (exact) mass is 269 g/mol. The van der Waals surface area contributed by atoms with Crippen molar-refractivity contribution in [2.24, 2.45) is 5.92 Å². The smallest absolute Gasteiger partial charge is 0.0778 e. The molecular weight excluding hydrogens is 246 g/mol. The third-order valence-electron chi connectivity index (χ3n) is 4.62. The maximum absolute atomic E-state index is 11.3. The van der Waals surface area contributed by atoms with Crippen molar-refractivity contribution in [3.63, 3.8) is 0 Å². The van der Waals surface area contributed by atoms with Gasteiger partial charge in [-0.2, -0.15) is 5.26 Å². The molecule has 0 saturated heterocycles. The zero-order valence-corrected chi connectivity index (χ0v) is 12.0. The van der Waals surface area contributed by atoms with Crippen molar-refractivity contribution in [2.45, 2.75) is 50.0 Å². The van der Waals surface area contributed by atoms with Crippen LogP contribution in [0.3, 0.4) is 0 Å². The van der Waals surface area contributed by atoms with Gasteiger partial charge in [-0.25, -0.2) is 0 Å². The lowest BCUT2D eigenvalue weighted by molar-refractivity contribution is -0.0622. The molecule has 2 heteroatoms. The van der Waals surface area contributed by atoms with Gasteiger partial charge in [0.25, 0.3) is 0 Å². The summed E-state index contributed by atoms with van der Waals surface area (Å²) >= 11 is 0. The molecule has 1 aliphatic rings. The van der Waals surface area contributed by atoms with E-state index in [4.69, 9.17) is 5.26 Å². The van der Waals surface area contributed by atoms with Gasteiger partial charge >= 0.3 is 0 Å². The highest BCUT2D eigenvalue weighted by atomic mass is 16.3. The van der Waals surface area contributed by atoms with Gasteiger partial charge in [-0.3, -0.25) is 0 Å². The van der Waals surface area contributed by atoms with Crippen LogP contribution in [0.15, 0.2) is 43.0 Å². The molecule has 1 fully saturated rings. The van der Waals surface area contributed by atoms with E-state index < -0.39 is 5.60 Å². The van der Waals surface area contributed by atoms with Crippen molar-refractivity contribution in [1.82, 2.24) is 0 Å². The molecular formula is C18H23NO. The number of aliphatic hydroxyl groups is 1. The molecule has 106 valence electrons. The molecule has 1 N–H and O–H groups in total. The van der Waals surface area contributed by atoms with Gasteiger partial charge in [-0.1, -0.05) is 49.2 Å². The first-order valence-electron chi connectivity index (χ1n) is 7.49. The maximum Gasteiger partial charge on any atom is 0.0778 e. The standard InChI is InChI=1S/C18H23NO/c1-2-17(15-9-4-3-5-10-15)18(20)13-7-6-11-16(18)12-8-14-19/h2-5,9-10,16-17,20H,1,6-8,11-13H2/t16-,17-,18-/m0/s1. The summed E-state index contributed by atoms with van der Waals surface area (Å²) in [6.07, 6.45) is 7.19. The first-order chi connectivity index (χ1) is 9.72. The van der Waals surface area contributed by atoms with Gasteiger partial charge in [-0.15, -0.1) is 6.58 Å². The lowest BCUT2D eigenvalue weighted by atomic mass is 9.65. The summed E-state index contributed by atoms with van der Waals surface area (Å²) in [5.41, 5.74) is 0.368. The van der Waals surface area contributed by atoms with Crippen LogP contribution in [0, 0.1) is 17.2 Å². The van der Waals surface area contributed by atoms with Crippen LogP contribution in [0.25, 0.3) is 0 Å². The fraction of sp³-hybridized carbons (Fsp3) is 0.500. The Bertz CT molecular complexity index is 476. The minimum absolute atomic E-state index is 0.0484. The van der Waals surface area contributed by atoms with Crippen LogP contribution < -0.4 is 0 Å². The second kappa shape index (κ2) is 6.72. The van der Waals surface area contributed by atoms with Gasteiger partial charge in [0.05, 0.1) is 11.7 Å². The summed E-state index contributed by atoms with van der Waals surface area (Å²) in [4.78, 5) is 0. The third-order valence-corrected chi connectivity index (χ3v) is 4.62. The topological polar surface area (TPSA) is 44.0 Å². The first kappa shape index (κ1) is 14.8. The summed E-state index contributed by atoms with van der Waals surface area (Å²) in [5, 5.41) is 20.1. The predicted molar refractivity (Wildman–Crippen MR) is 81.1 cm³/mol. The maximum atomic E-state index is 11.3. The number of benzene rings is 1. The van der Waals surface area contributed by atoms with Gasteiger partial charge in [0.2, 0.25) is 0 Å². The lowest BCUT2D eigenvalue weighted by Gasteiger charge is -2.44. The number of nitrogens with zero attached hydrogens (tertiary/aromatic N) is 1. The normalized spacial score (nSPS) is 27.5. The molecule has 1 aromatic rings. The molecule has 0 heterocycles. The summed E-state index contributed by atoms with van der Waals surface area (Å²) in [7, 11) is 0. The number of nitriles is 1. The zero-order chi connectivity index (χ0) is 14.4. The van der Waals surface area contributed by atoms with Crippen LogP contribution in [0.1, 0.15) is 50.0 Å². The number of hydrogen-bond acceptors (Lipinski definition) is 2. The Balaban J connectivity index is 2.28. The molecule has 2 rings (SSSR count). The molecule has 0 radical (unpaired) electrons. The second-order valence-corrected chi connectivity index (χ2v) is 5.75. The van der Waals surface area contributed by atoms with Gasteiger partial charge < -0.3 is 5.11 Å². The highest BCUT2D eigenvalue weighted by Gasteiger charge is 2.44. The van der Waals surface area contributed by atoms with E-state index in [0.29, 0.717) is 6.42 Å². The summed E-state index contributed by atoms with van der Waals surface area (Å²) in [6, 6.07) is 12.3. The van der Waals surface area contributed by atoms with Crippen LogP contribution in [0.4, 0.5) is 0 Å². The quantitative estimate of drug-likeness (QED) is 0.815. The summed E-state index contributed by atoms with van der Waals surface area (Å²) in [5.74, 6) is 0.145. The van der Waals surface area contributed by atoms with Crippen LogP contribution >= 0.6 is 0 Å². The fourth-order valence-electron chi connectivity index (χ4n) is 3.58. The average molecular weight is 269 g/mol. The Morgan fingerprint density at radius 2 is 2.15 bits per heavy atom. The van der Waals surface area contributed by atoms with E-state index in [-0.39, 0.29) is 11.8 Å². The van der Waals surface area contributed by atoms with Gasteiger partial charge in [0, 0.05) is 12.3 Å². The van der Waals surface area contributed by atoms with Crippen molar-refractivity contribution in [3.8, 4) is 6.07 Å². The molecule has 0 spiro atoms. The van der Waals surface area contributed by atoms with Crippen LogP contribution in [0.5, 0.6) is 0 Å². The third kappa shape index (κ3) is 2.94. The van der Waals surface area contributed by atoms with Crippen LogP contribution in [0.2, 0.25) is 0 Å². The highest BCUT2D eigenvalue weighted by Crippen LogP contribution is 2.46. The van der Waals surface area contributed by atoms with E-state index in [1.165, 1.54) is 0 Å². The van der Waals surface area contributed by atoms with Crippen molar-refractivity contribution >= 4 is 0 Å². The summed E-state index contributed by atoms with van der Waals surface area (Å²) in [6.45, 7) is 3.95. The molecule has 2 nitrogen and oxygen atoms in total. The van der Waals surface area contributed by atoms with E-state index in [2.05, 4.69) is 24.8 Å². The largest absolute Gasteiger partial charge is 0.389 e. The highest BCUT2D eigenvalue weighted by molar-refractivity contribution is 5.28. The molecule has 0 amide bonds. The molecule has 20 heavy (non-hydrogen) atoms. The van der Waals surface area contributed by atoms with Crippen molar-refractivity contribution in [1.29, 1.82) is 5.26 Å². The Morgan fingerprint density at radius 3 is 2.80 bits per heavy atom.